The van der Waals surface area contributed by atoms with Crippen molar-refractivity contribution >= 4 is 15.9 Å². The maximum absolute atomic E-state index is 10.0. The van der Waals surface area contributed by atoms with Crippen LogP contribution in [-0.4, -0.2) is 31.5 Å². The third-order valence-electron chi connectivity index (χ3n) is 2.61. The third kappa shape index (κ3) is 3.87. The smallest absolute Gasteiger partial charge is 0.0642 e. The van der Waals surface area contributed by atoms with Gasteiger partial charge in [0.05, 0.1) is 6.10 Å². The summed E-state index contributed by atoms with van der Waals surface area (Å²) in [5.74, 6) is -0.0346. The number of aliphatic hydroxyl groups is 1. The molecule has 1 aromatic carbocycles. The van der Waals surface area contributed by atoms with Gasteiger partial charge in [-0.1, -0.05) is 28.1 Å². The number of halogens is 1. The number of hydrogen-bond acceptors (Lipinski definition) is 3. The van der Waals surface area contributed by atoms with E-state index in [4.69, 9.17) is 10.5 Å². The van der Waals surface area contributed by atoms with Crippen LogP contribution in [0.5, 0.6) is 0 Å². The molecule has 0 heterocycles. The summed E-state index contributed by atoms with van der Waals surface area (Å²) in [5.41, 5.74) is 6.77. The molecule has 0 aliphatic heterocycles. The van der Waals surface area contributed by atoms with E-state index in [0.29, 0.717) is 19.6 Å². The van der Waals surface area contributed by atoms with Gasteiger partial charge in [0.2, 0.25) is 0 Å². The van der Waals surface area contributed by atoms with Crippen LogP contribution in [0.1, 0.15) is 17.9 Å². The highest BCUT2D eigenvalue weighted by Crippen LogP contribution is 2.23. The number of aliphatic hydroxyl groups excluding tert-OH is 1. The van der Waals surface area contributed by atoms with Crippen molar-refractivity contribution in [2.75, 3.05) is 20.3 Å². The molecule has 4 heteroatoms. The highest BCUT2D eigenvalue weighted by Gasteiger charge is 2.19. The molecule has 2 unspecified atom stereocenters. The van der Waals surface area contributed by atoms with Crippen molar-refractivity contribution in [2.24, 2.45) is 5.73 Å². The second kappa shape index (κ2) is 7.01. The lowest BCUT2D eigenvalue weighted by Gasteiger charge is -2.21. The SMILES string of the molecule is COCCC(O)C(CN)c1cccc(Br)c1. The number of rotatable bonds is 6. The van der Waals surface area contributed by atoms with Crippen LogP contribution < -0.4 is 5.73 Å². The van der Waals surface area contributed by atoms with E-state index in [9.17, 15) is 5.11 Å². The first-order valence-corrected chi connectivity index (χ1v) is 6.11. The van der Waals surface area contributed by atoms with Crippen LogP contribution >= 0.6 is 15.9 Å². The van der Waals surface area contributed by atoms with Crippen LogP contribution in [0.25, 0.3) is 0 Å². The maximum Gasteiger partial charge on any atom is 0.0642 e. The van der Waals surface area contributed by atoms with Gasteiger partial charge in [-0.25, -0.2) is 0 Å². The van der Waals surface area contributed by atoms with Crippen LogP contribution in [0.15, 0.2) is 28.7 Å². The Kier molecular flexibility index (Phi) is 5.98. The van der Waals surface area contributed by atoms with Gasteiger partial charge in [0, 0.05) is 30.7 Å². The first-order valence-electron chi connectivity index (χ1n) is 5.31. The predicted octanol–water partition coefficient (Wildman–Crippen LogP) is 1.89. The van der Waals surface area contributed by atoms with Gasteiger partial charge < -0.3 is 15.6 Å². The van der Waals surface area contributed by atoms with Crippen molar-refractivity contribution < 1.29 is 9.84 Å². The fraction of sp³-hybridized carbons (Fsp3) is 0.500. The molecule has 1 rings (SSSR count). The summed E-state index contributed by atoms with van der Waals surface area (Å²) >= 11 is 3.41. The Morgan fingerprint density at radius 3 is 2.81 bits per heavy atom. The van der Waals surface area contributed by atoms with Crippen molar-refractivity contribution in [3.8, 4) is 0 Å². The molecule has 0 aromatic heterocycles. The lowest BCUT2D eigenvalue weighted by Crippen LogP contribution is -2.27. The summed E-state index contributed by atoms with van der Waals surface area (Å²) in [6, 6.07) is 7.88. The molecule has 1 aromatic rings. The molecular formula is C12H18BrNO2. The largest absolute Gasteiger partial charge is 0.392 e. The molecule has 0 spiro atoms. The van der Waals surface area contributed by atoms with Crippen LogP contribution in [0.2, 0.25) is 0 Å². The quantitative estimate of drug-likeness (QED) is 0.840. The molecule has 0 saturated heterocycles. The molecule has 0 amide bonds. The van der Waals surface area contributed by atoms with E-state index in [-0.39, 0.29) is 5.92 Å². The lowest BCUT2D eigenvalue weighted by atomic mass is 9.92. The van der Waals surface area contributed by atoms with Crippen LogP contribution in [0.3, 0.4) is 0 Å². The Morgan fingerprint density at radius 1 is 1.50 bits per heavy atom. The second-order valence-corrected chi connectivity index (χ2v) is 4.66. The molecule has 0 aliphatic carbocycles. The molecule has 0 bridgehead atoms. The molecule has 0 aliphatic rings. The second-order valence-electron chi connectivity index (χ2n) is 3.75. The highest BCUT2D eigenvalue weighted by molar-refractivity contribution is 9.10. The average Bonchev–Trinajstić information content (AvgIpc) is 2.27. The van der Waals surface area contributed by atoms with E-state index in [1.807, 2.05) is 24.3 Å². The van der Waals surface area contributed by atoms with E-state index in [0.717, 1.165) is 10.0 Å². The van der Waals surface area contributed by atoms with Crippen molar-refractivity contribution in [2.45, 2.75) is 18.4 Å². The molecule has 3 nitrogen and oxygen atoms in total. The van der Waals surface area contributed by atoms with E-state index in [1.165, 1.54) is 0 Å². The topological polar surface area (TPSA) is 55.5 Å². The van der Waals surface area contributed by atoms with E-state index in [1.54, 1.807) is 7.11 Å². The van der Waals surface area contributed by atoms with Crippen LogP contribution in [0, 0.1) is 0 Å². The molecule has 0 saturated carbocycles. The van der Waals surface area contributed by atoms with Gasteiger partial charge in [0.25, 0.3) is 0 Å². The highest BCUT2D eigenvalue weighted by atomic mass is 79.9. The Labute approximate surface area is 105 Å². The van der Waals surface area contributed by atoms with E-state index >= 15 is 0 Å². The summed E-state index contributed by atoms with van der Waals surface area (Å²) in [6.07, 6.45) is 0.143. The van der Waals surface area contributed by atoms with Gasteiger partial charge in [-0.05, 0) is 24.1 Å². The maximum atomic E-state index is 10.0. The summed E-state index contributed by atoms with van der Waals surface area (Å²) in [6.45, 7) is 0.979. The predicted molar refractivity (Wildman–Crippen MR) is 68.4 cm³/mol. The van der Waals surface area contributed by atoms with Gasteiger partial charge in [0.1, 0.15) is 0 Å². The minimum atomic E-state index is -0.459. The van der Waals surface area contributed by atoms with Crippen molar-refractivity contribution in [3.63, 3.8) is 0 Å². The lowest BCUT2D eigenvalue weighted by molar-refractivity contribution is 0.0920. The zero-order chi connectivity index (χ0) is 12.0. The van der Waals surface area contributed by atoms with Crippen LogP contribution in [0.4, 0.5) is 0 Å². The van der Waals surface area contributed by atoms with Crippen LogP contribution in [-0.2, 0) is 4.74 Å². The fourth-order valence-corrected chi connectivity index (χ4v) is 2.11. The molecular weight excluding hydrogens is 270 g/mol. The summed E-state index contributed by atoms with van der Waals surface area (Å²) in [7, 11) is 1.63. The molecule has 0 fully saturated rings. The summed E-state index contributed by atoms with van der Waals surface area (Å²) in [5, 5.41) is 10.0. The number of ether oxygens (including phenoxy) is 1. The van der Waals surface area contributed by atoms with Crippen molar-refractivity contribution in [1.29, 1.82) is 0 Å². The van der Waals surface area contributed by atoms with Gasteiger partial charge in [0.15, 0.2) is 0 Å². The fourth-order valence-electron chi connectivity index (χ4n) is 1.69. The monoisotopic (exact) mass is 287 g/mol. The Bertz CT molecular complexity index is 320. The van der Waals surface area contributed by atoms with Crippen molar-refractivity contribution in [3.05, 3.63) is 34.3 Å². The molecule has 2 atom stereocenters. The summed E-state index contributed by atoms with van der Waals surface area (Å²) in [4.78, 5) is 0. The third-order valence-corrected chi connectivity index (χ3v) is 3.11. The Hall–Kier alpha value is -0.420. The van der Waals surface area contributed by atoms with E-state index < -0.39 is 6.10 Å². The minimum Gasteiger partial charge on any atom is -0.392 e. The Morgan fingerprint density at radius 2 is 2.25 bits per heavy atom. The van der Waals surface area contributed by atoms with Gasteiger partial charge in [-0.2, -0.15) is 0 Å². The standard InChI is InChI=1S/C12H18BrNO2/c1-16-6-5-12(15)11(8-14)9-3-2-4-10(13)7-9/h2-4,7,11-12,15H,5-6,8,14H2,1H3. The van der Waals surface area contributed by atoms with Crippen molar-refractivity contribution in [1.82, 2.24) is 0 Å². The Balaban J connectivity index is 2.73. The zero-order valence-electron chi connectivity index (χ0n) is 9.40. The normalized spacial score (nSPS) is 14.8. The van der Waals surface area contributed by atoms with Gasteiger partial charge in [-0.3, -0.25) is 0 Å². The molecule has 3 N–H and O–H groups in total. The summed E-state index contributed by atoms with van der Waals surface area (Å²) < 4.78 is 5.96. The zero-order valence-corrected chi connectivity index (χ0v) is 11.0. The molecule has 90 valence electrons. The van der Waals surface area contributed by atoms with E-state index in [2.05, 4.69) is 15.9 Å². The first kappa shape index (κ1) is 13.6. The molecule has 0 radical (unpaired) electrons. The molecule has 16 heavy (non-hydrogen) atoms. The number of nitrogens with two attached hydrogens (primary N) is 1. The van der Waals surface area contributed by atoms with Gasteiger partial charge >= 0.3 is 0 Å². The number of hydrogen-bond donors (Lipinski definition) is 2. The first-order chi connectivity index (χ1) is 7.69. The van der Waals surface area contributed by atoms with Gasteiger partial charge in [-0.15, -0.1) is 0 Å². The number of methoxy groups -OCH3 is 1. The number of benzene rings is 1. The minimum absolute atomic E-state index is 0.0346. The average molecular weight is 288 g/mol.